The van der Waals surface area contributed by atoms with Crippen molar-refractivity contribution >= 4 is 0 Å². The lowest BCUT2D eigenvalue weighted by Crippen LogP contribution is -2.40. The van der Waals surface area contributed by atoms with E-state index >= 15 is 0 Å². The van der Waals surface area contributed by atoms with Crippen molar-refractivity contribution in [1.29, 1.82) is 0 Å². The summed E-state index contributed by atoms with van der Waals surface area (Å²) in [6.45, 7) is 7.09. The first kappa shape index (κ1) is 11.7. The molecule has 2 heteroatoms. The Morgan fingerprint density at radius 2 is 1.88 bits per heavy atom. The molecule has 1 heterocycles. The van der Waals surface area contributed by atoms with Crippen LogP contribution in [0.15, 0.2) is 12.4 Å². The molecule has 1 N–H and O–H groups in total. The zero-order valence-electron chi connectivity index (χ0n) is 10.6. The maximum Gasteiger partial charge on any atom is 0.0139 e. The molecule has 0 unspecified atom stereocenters. The zero-order chi connectivity index (χ0) is 11.4. The fourth-order valence-electron chi connectivity index (χ4n) is 2.89. The Labute approximate surface area is 99.0 Å². The van der Waals surface area contributed by atoms with E-state index in [1.807, 2.05) is 0 Å². The molecular formula is C14H24N2. The van der Waals surface area contributed by atoms with E-state index in [1.165, 1.54) is 45.2 Å². The molecule has 0 bridgehead atoms. The molecule has 1 aromatic heterocycles. The quantitative estimate of drug-likeness (QED) is 0.808. The van der Waals surface area contributed by atoms with Crippen molar-refractivity contribution in [2.24, 2.45) is 0 Å². The smallest absolute Gasteiger partial charge is 0.0139 e. The van der Waals surface area contributed by atoms with E-state index in [4.69, 9.17) is 0 Å². The Hall–Kier alpha value is -0.760. The summed E-state index contributed by atoms with van der Waals surface area (Å²) in [4.78, 5) is 5.94. The van der Waals surface area contributed by atoms with Gasteiger partial charge in [-0.1, -0.05) is 13.8 Å². The third kappa shape index (κ3) is 2.49. The number of H-pyrrole nitrogens is 1. The average Bonchev–Trinajstić information content (AvgIpc) is 2.75. The SMILES string of the molecule is CCCN(CCC)[C@@H]1CCc2c[nH]cc2C1. The molecule has 0 aromatic carbocycles. The molecule has 1 aliphatic rings. The Balaban J connectivity index is 2.00. The van der Waals surface area contributed by atoms with Gasteiger partial charge < -0.3 is 9.88 Å². The first-order valence-corrected chi connectivity index (χ1v) is 6.73. The van der Waals surface area contributed by atoms with E-state index in [0.29, 0.717) is 0 Å². The van der Waals surface area contributed by atoms with Crippen LogP contribution in [-0.4, -0.2) is 29.0 Å². The van der Waals surface area contributed by atoms with Gasteiger partial charge in [0.05, 0.1) is 0 Å². The van der Waals surface area contributed by atoms with Crippen molar-refractivity contribution in [2.75, 3.05) is 13.1 Å². The summed E-state index contributed by atoms with van der Waals surface area (Å²) in [5.41, 5.74) is 3.10. The van der Waals surface area contributed by atoms with Gasteiger partial charge in [0.1, 0.15) is 0 Å². The van der Waals surface area contributed by atoms with Crippen LogP contribution in [0.4, 0.5) is 0 Å². The van der Waals surface area contributed by atoms with Gasteiger partial charge in [0.2, 0.25) is 0 Å². The van der Waals surface area contributed by atoms with Crippen LogP contribution < -0.4 is 0 Å². The lowest BCUT2D eigenvalue weighted by molar-refractivity contribution is 0.180. The van der Waals surface area contributed by atoms with Gasteiger partial charge in [-0.05, 0) is 56.3 Å². The van der Waals surface area contributed by atoms with E-state index < -0.39 is 0 Å². The molecule has 0 fully saturated rings. The van der Waals surface area contributed by atoms with Crippen molar-refractivity contribution in [3.63, 3.8) is 0 Å². The monoisotopic (exact) mass is 220 g/mol. The molecular weight excluding hydrogens is 196 g/mol. The van der Waals surface area contributed by atoms with E-state index in [1.54, 1.807) is 11.1 Å². The Bertz CT molecular complexity index is 310. The van der Waals surface area contributed by atoms with Gasteiger partial charge in [0.15, 0.2) is 0 Å². The van der Waals surface area contributed by atoms with Gasteiger partial charge in [-0.25, -0.2) is 0 Å². The largest absolute Gasteiger partial charge is 0.367 e. The van der Waals surface area contributed by atoms with E-state index in [9.17, 15) is 0 Å². The highest BCUT2D eigenvalue weighted by Crippen LogP contribution is 2.24. The molecule has 0 radical (unpaired) electrons. The minimum absolute atomic E-state index is 0.781. The zero-order valence-corrected chi connectivity index (χ0v) is 10.6. The normalized spacial score (nSPS) is 20.1. The van der Waals surface area contributed by atoms with E-state index in [0.717, 1.165) is 6.04 Å². The molecule has 1 aliphatic carbocycles. The molecule has 0 saturated heterocycles. The molecule has 90 valence electrons. The summed E-state index contributed by atoms with van der Waals surface area (Å²) in [5.74, 6) is 0. The number of aryl methyl sites for hydroxylation is 1. The van der Waals surface area contributed by atoms with E-state index in [2.05, 4.69) is 36.1 Å². The van der Waals surface area contributed by atoms with Gasteiger partial charge >= 0.3 is 0 Å². The molecule has 1 atom stereocenters. The van der Waals surface area contributed by atoms with Crippen LogP contribution in [0.25, 0.3) is 0 Å². The summed E-state index contributed by atoms with van der Waals surface area (Å²) in [6, 6.07) is 0.781. The third-order valence-electron chi connectivity index (χ3n) is 3.67. The molecule has 0 saturated carbocycles. The predicted molar refractivity (Wildman–Crippen MR) is 68.8 cm³/mol. The van der Waals surface area contributed by atoms with Gasteiger partial charge in [-0.3, -0.25) is 0 Å². The first-order valence-electron chi connectivity index (χ1n) is 6.73. The lowest BCUT2D eigenvalue weighted by atomic mass is 9.90. The summed E-state index contributed by atoms with van der Waals surface area (Å²) in [6.07, 6.45) is 10.8. The van der Waals surface area contributed by atoms with Crippen LogP contribution in [0.5, 0.6) is 0 Å². The van der Waals surface area contributed by atoms with Crippen molar-refractivity contribution < 1.29 is 0 Å². The van der Waals surface area contributed by atoms with Crippen LogP contribution in [0.1, 0.15) is 44.2 Å². The van der Waals surface area contributed by atoms with Crippen LogP contribution in [0, 0.1) is 0 Å². The van der Waals surface area contributed by atoms with Crippen molar-refractivity contribution in [3.05, 3.63) is 23.5 Å². The number of hydrogen-bond acceptors (Lipinski definition) is 1. The summed E-state index contributed by atoms with van der Waals surface area (Å²) in [5, 5.41) is 0. The van der Waals surface area contributed by atoms with Crippen molar-refractivity contribution in [2.45, 2.75) is 52.0 Å². The molecule has 0 spiro atoms. The van der Waals surface area contributed by atoms with Crippen LogP contribution in [0.3, 0.4) is 0 Å². The van der Waals surface area contributed by atoms with Gasteiger partial charge in [-0.15, -0.1) is 0 Å². The highest BCUT2D eigenvalue weighted by atomic mass is 15.1. The Morgan fingerprint density at radius 3 is 2.56 bits per heavy atom. The fraction of sp³-hybridized carbons (Fsp3) is 0.714. The fourth-order valence-corrected chi connectivity index (χ4v) is 2.89. The standard InChI is InChI=1S/C14H24N2/c1-3-7-16(8-4-2)14-6-5-12-10-15-11-13(12)9-14/h10-11,14-15H,3-9H2,1-2H3/t14-/m1/s1. The van der Waals surface area contributed by atoms with Crippen molar-refractivity contribution in [1.82, 2.24) is 9.88 Å². The summed E-state index contributed by atoms with van der Waals surface area (Å²) in [7, 11) is 0. The maximum atomic E-state index is 3.25. The van der Waals surface area contributed by atoms with Gasteiger partial charge in [0, 0.05) is 18.4 Å². The topological polar surface area (TPSA) is 19.0 Å². The molecule has 0 aliphatic heterocycles. The van der Waals surface area contributed by atoms with Crippen molar-refractivity contribution in [3.8, 4) is 0 Å². The second kappa shape index (κ2) is 5.53. The second-order valence-corrected chi connectivity index (χ2v) is 4.94. The number of rotatable bonds is 5. The van der Waals surface area contributed by atoms with Crippen LogP contribution in [0.2, 0.25) is 0 Å². The highest BCUT2D eigenvalue weighted by Gasteiger charge is 2.23. The molecule has 2 rings (SSSR count). The summed E-state index contributed by atoms with van der Waals surface area (Å²) < 4.78 is 0. The lowest BCUT2D eigenvalue weighted by Gasteiger charge is -2.34. The first-order chi connectivity index (χ1) is 7.85. The number of hydrogen-bond donors (Lipinski definition) is 1. The average molecular weight is 220 g/mol. The minimum Gasteiger partial charge on any atom is -0.367 e. The van der Waals surface area contributed by atoms with Crippen LogP contribution in [-0.2, 0) is 12.8 Å². The van der Waals surface area contributed by atoms with E-state index in [-0.39, 0.29) is 0 Å². The Morgan fingerprint density at radius 1 is 1.19 bits per heavy atom. The van der Waals surface area contributed by atoms with Gasteiger partial charge in [-0.2, -0.15) is 0 Å². The molecule has 2 nitrogen and oxygen atoms in total. The second-order valence-electron chi connectivity index (χ2n) is 4.94. The number of aromatic nitrogens is 1. The molecule has 1 aromatic rings. The molecule has 16 heavy (non-hydrogen) atoms. The molecule has 0 amide bonds. The van der Waals surface area contributed by atoms with Crippen LogP contribution >= 0.6 is 0 Å². The predicted octanol–water partition coefficient (Wildman–Crippen LogP) is 2.99. The number of nitrogens with one attached hydrogen (secondary N) is 1. The number of aromatic amines is 1. The maximum absolute atomic E-state index is 3.25. The number of fused-ring (bicyclic) bond motifs is 1. The minimum atomic E-state index is 0.781. The van der Waals surface area contributed by atoms with Gasteiger partial charge in [0.25, 0.3) is 0 Å². The Kier molecular flexibility index (Phi) is 4.05. The number of nitrogens with zero attached hydrogens (tertiary/aromatic N) is 1. The highest BCUT2D eigenvalue weighted by molar-refractivity contribution is 5.27. The summed E-state index contributed by atoms with van der Waals surface area (Å²) >= 11 is 0. The third-order valence-corrected chi connectivity index (χ3v) is 3.67.